The normalized spacial score (nSPS) is 9.23. The minimum Gasteiger partial charge on any atom is -0.505 e. The van der Waals surface area contributed by atoms with Crippen LogP contribution in [0.3, 0.4) is 0 Å². The Morgan fingerprint density at radius 1 is 1.62 bits per heavy atom. The van der Waals surface area contributed by atoms with E-state index in [0.717, 1.165) is 6.26 Å². The van der Waals surface area contributed by atoms with Gasteiger partial charge in [-0.05, 0) is 12.1 Å². The number of ether oxygens (including phenoxy) is 1. The third-order valence-electron chi connectivity index (χ3n) is 1.48. The Morgan fingerprint density at radius 3 is 2.92 bits per heavy atom. The molecule has 0 radical (unpaired) electrons. The van der Waals surface area contributed by atoms with Gasteiger partial charge in [-0.15, -0.1) is 0 Å². The fourth-order valence-electron chi connectivity index (χ4n) is 0.865. The molecule has 0 aliphatic heterocycles. The summed E-state index contributed by atoms with van der Waals surface area (Å²) < 4.78 is 4.47. The number of phenolic OH excluding ortho intramolecular Hbond substituents is 1. The number of carbonyl (C=O) groups is 1. The topological polar surface area (TPSA) is 72.5 Å². The molecule has 0 spiro atoms. The van der Waals surface area contributed by atoms with Crippen LogP contribution in [0.5, 0.6) is 5.75 Å². The molecule has 0 aliphatic rings. The molecule has 68 valence electrons. The monoisotopic (exact) mass is 179 g/mol. The SMILES string of the molecule is C=COC(=O)c1cccc(N)c1O. The number of hydrogen-bond acceptors (Lipinski definition) is 4. The van der Waals surface area contributed by atoms with Crippen LogP contribution in [0.25, 0.3) is 0 Å². The lowest BCUT2D eigenvalue weighted by molar-refractivity contribution is 0.0661. The van der Waals surface area contributed by atoms with E-state index in [1.807, 2.05) is 0 Å². The smallest absolute Gasteiger partial charge is 0.346 e. The Hall–Kier alpha value is -1.97. The van der Waals surface area contributed by atoms with E-state index < -0.39 is 5.97 Å². The lowest BCUT2D eigenvalue weighted by Crippen LogP contribution is -2.01. The molecule has 1 aromatic carbocycles. The second-order valence-corrected chi connectivity index (χ2v) is 2.32. The Bertz CT molecular complexity index is 347. The van der Waals surface area contributed by atoms with E-state index in [0.29, 0.717) is 0 Å². The fourth-order valence-corrected chi connectivity index (χ4v) is 0.865. The van der Waals surface area contributed by atoms with Gasteiger partial charge in [0.2, 0.25) is 0 Å². The summed E-state index contributed by atoms with van der Waals surface area (Å²) in [7, 11) is 0. The minimum absolute atomic E-state index is 0.0277. The van der Waals surface area contributed by atoms with Gasteiger partial charge < -0.3 is 15.6 Å². The zero-order valence-corrected chi connectivity index (χ0v) is 6.86. The second kappa shape index (κ2) is 3.62. The van der Waals surface area contributed by atoms with E-state index in [-0.39, 0.29) is 17.0 Å². The molecule has 0 fully saturated rings. The summed E-state index contributed by atoms with van der Waals surface area (Å²) in [6.45, 7) is 3.22. The molecule has 13 heavy (non-hydrogen) atoms. The lowest BCUT2D eigenvalue weighted by atomic mass is 10.2. The van der Waals surface area contributed by atoms with Crippen molar-refractivity contribution in [1.29, 1.82) is 0 Å². The summed E-state index contributed by atoms with van der Waals surface area (Å²) in [5.74, 6) is -0.950. The first-order valence-electron chi connectivity index (χ1n) is 3.56. The highest BCUT2D eigenvalue weighted by Crippen LogP contribution is 2.24. The predicted molar refractivity (Wildman–Crippen MR) is 48.1 cm³/mol. The van der Waals surface area contributed by atoms with Gasteiger partial charge in [0.15, 0.2) is 5.75 Å². The van der Waals surface area contributed by atoms with Crippen molar-refractivity contribution < 1.29 is 14.6 Å². The first kappa shape index (κ1) is 9.12. The Kier molecular flexibility index (Phi) is 2.54. The molecule has 0 amide bonds. The third kappa shape index (κ3) is 1.79. The van der Waals surface area contributed by atoms with Gasteiger partial charge >= 0.3 is 5.97 Å². The number of para-hydroxylation sites is 1. The zero-order chi connectivity index (χ0) is 9.84. The standard InChI is InChI=1S/C9H9NO3/c1-2-13-9(12)6-4-3-5-7(10)8(6)11/h2-5,11H,1,10H2. The first-order chi connectivity index (χ1) is 6.16. The molecule has 4 heteroatoms. The van der Waals surface area contributed by atoms with Crippen LogP contribution in [0.2, 0.25) is 0 Å². The molecule has 0 heterocycles. The van der Waals surface area contributed by atoms with Crippen LogP contribution in [0.4, 0.5) is 5.69 Å². The van der Waals surface area contributed by atoms with Crippen LogP contribution in [0.1, 0.15) is 10.4 Å². The molecule has 4 nitrogen and oxygen atoms in total. The van der Waals surface area contributed by atoms with E-state index in [4.69, 9.17) is 5.73 Å². The van der Waals surface area contributed by atoms with Gasteiger partial charge in [0.05, 0.1) is 11.9 Å². The molecular formula is C9H9NO3. The van der Waals surface area contributed by atoms with Crippen molar-refractivity contribution in [1.82, 2.24) is 0 Å². The lowest BCUT2D eigenvalue weighted by Gasteiger charge is -2.03. The number of nitrogens with two attached hydrogens (primary N) is 1. The van der Waals surface area contributed by atoms with Gasteiger partial charge in [-0.2, -0.15) is 0 Å². The van der Waals surface area contributed by atoms with E-state index >= 15 is 0 Å². The summed E-state index contributed by atoms with van der Waals surface area (Å²) in [5.41, 5.74) is 5.54. The Morgan fingerprint density at radius 2 is 2.31 bits per heavy atom. The Balaban J connectivity index is 3.07. The number of aromatic hydroxyl groups is 1. The number of carbonyl (C=O) groups excluding carboxylic acids is 1. The number of anilines is 1. The van der Waals surface area contributed by atoms with E-state index in [1.165, 1.54) is 12.1 Å². The molecule has 1 rings (SSSR count). The molecule has 0 saturated heterocycles. The van der Waals surface area contributed by atoms with Crippen LogP contribution >= 0.6 is 0 Å². The zero-order valence-electron chi connectivity index (χ0n) is 6.86. The Labute approximate surface area is 75.2 Å². The first-order valence-corrected chi connectivity index (χ1v) is 3.56. The van der Waals surface area contributed by atoms with Crippen LogP contribution in [-0.4, -0.2) is 11.1 Å². The van der Waals surface area contributed by atoms with Crippen LogP contribution in [-0.2, 0) is 4.74 Å². The maximum absolute atomic E-state index is 11.1. The molecule has 0 saturated carbocycles. The van der Waals surface area contributed by atoms with Crippen molar-refractivity contribution in [2.24, 2.45) is 0 Å². The fraction of sp³-hybridized carbons (Fsp3) is 0. The van der Waals surface area contributed by atoms with Gasteiger partial charge in [-0.1, -0.05) is 12.6 Å². The van der Waals surface area contributed by atoms with Crippen molar-refractivity contribution in [3.05, 3.63) is 36.6 Å². The summed E-state index contributed by atoms with van der Waals surface area (Å²) in [5, 5.41) is 9.33. The quantitative estimate of drug-likeness (QED) is 0.310. The van der Waals surface area contributed by atoms with Crippen LogP contribution < -0.4 is 5.73 Å². The number of nitrogen functional groups attached to an aromatic ring is 1. The molecule has 0 atom stereocenters. The number of hydrogen-bond donors (Lipinski definition) is 2. The van der Waals surface area contributed by atoms with Gasteiger partial charge in [0.1, 0.15) is 5.56 Å². The van der Waals surface area contributed by atoms with E-state index in [2.05, 4.69) is 11.3 Å². The van der Waals surface area contributed by atoms with Crippen LogP contribution in [0, 0.1) is 0 Å². The predicted octanol–water partition coefficient (Wildman–Crippen LogP) is 1.27. The number of benzene rings is 1. The van der Waals surface area contributed by atoms with Crippen LogP contribution in [0.15, 0.2) is 31.0 Å². The third-order valence-corrected chi connectivity index (χ3v) is 1.48. The summed E-state index contributed by atoms with van der Waals surface area (Å²) in [6, 6.07) is 4.45. The van der Waals surface area contributed by atoms with Gasteiger partial charge in [-0.25, -0.2) is 4.79 Å². The second-order valence-electron chi connectivity index (χ2n) is 2.32. The van der Waals surface area contributed by atoms with Crippen molar-refractivity contribution in [3.8, 4) is 5.75 Å². The maximum Gasteiger partial charge on any atom is 0.346 e. The van der Waals surface area contributed by atoms with Crippen molar-refractivity contribution in [2.45, 2.75) is 0 Å². The highest BCUT2D eigenvalue weighted by Gasteiger charge is 2.12. The van der Waals surface area contributed by atoms with Gasteiger partial charge in [0, 0.05) is 0 Å². The van der Waals surface area contributed by atoms with Gasteiger partial charge in [-0.3, -0.25) is 0 Å². The van der Waals surface area contributed by atoms with Gasteiger partial charge in [0.25, 0.3) is 0 Å². The maximum atomic E-state index is 11.1. The molecule has 1 aromatic rings. The van der Waals surface area contributed by atoms with E-state index in [9.17, 15) is 9.90 Å². The van der Waals surface area contributed by atoms with E-state index in [1.54, 1.807) is 6.07 Å². The molecule has 0 unspecified atom stereocenters. The molecule has 3 N–H and O–H groups in total. The summed E-state index contributed by atoms with van der Waals surface area (Å²) in [4.78, 5) is 11.1. The van der Waals surface area contributed by atoms with Crippen molar-refractivity contribution in [2.75, 3.05) is 5.73 Å². The minimum atomic E-state index is -0.681. The average Bonchev–Trinajstić information content (AvgIpc) is 2.10. The number of esters is 1. The van der Waals surface area contributed by atoms with Crippen molar-refractivity contribution >= 4 is 11.7 Å². The largest absolute Gasteiger partial charge is 0.505 e. The summed E-state index contributed by atoms with van der Waals surface area (Å²) >= 11 is 0. The molecular weight excluding hydrogens is 170 g/mol. The average molecular weight is 179 g/mol. The highest BCUT2D eigenvalue weighted by atomic mass is 16.5. The number of rotatable bonds is 2. The van der Waals surface area contributed by atoms with Crippen molar-refractivity contribution in [3.63, 3.8) is 0 Å². The molecule has 0 aliphatic carbocycles. The highest BCUT2D eigenvalue weighted by molar-refractivity contribution is 5.94. The number of phenols is 1. The molecule has 0 aromatic heterocycles. The molecule has 0 bridgehead atoms. The summed E-state index contributed by atoms with van der Waals surface area (Å²) in [6.07, 6.45) is 0.991.